The summed E-state index contributed by atoms with van der Waals surface area (Å²) in [6.07, 6.45) is 0. The minimum atomic E-state index is -0.288. The third-order valence-electron chi connectivity index (χ3n) is 2.29. The Bertz CT molecular complexity index is 645. The van der Waals surface area contributed by atoms with Crippen molar-refractivity contribution in [1.82, 2.24) is 0 Å². The maximum atomic E-state index is 11.9. The molecule has 0 spiro atoms. The van der Waals surface area contributed by atoms with Gasteiger partial charge < -0.3 is 4.74 Å². The molecular weight excluding hydrogens is 352 g/mol. The van der Waals surface area contributed by atoms with Crippen LogP contribution in [-0.2, 0) is 10.5 Å². The summed E-state index contributed by atoms with van der Waals surface area (Å²) in [6, 6.07) is 7.68. The molecule has 0 aliphatic carbocycles. The van der Waals surface area contributed by atoms with E-state index in [0.29, 0.717) is 11.5 Å². The van der Waals surface area contributed by atoms with Crippen LogP contribution < -0.4 is 0 Å². The zero-order valence-corrected chi connectivity index (χ0v) is 14.6. The monoisotopic (exact) mass is 362 g/mol. The molecule has 0 radical (unpaired) electrons. The smallest absolute Gasteiger partial charge is 0.350 e. The fourth-order valence-electron chi connectivity index (χ4n) is 1.41. The highest BCUT2D eigenvalue weighted by molar-refractivity contribution is 8.01. The summed E-state index contributed by atoms with van der Waals surface area (Å²) in [4.78, 5) is 12.5. The second-order valence-corrected chi connectivity index (χ2v) is 8.61. The van der Waals surface area contributed by atoms with Gasteiger partial charge in [0.05, 0.1) is 10.8 Å². The van der Waals surface area contributed by atoms with Gasteiger partial charge in [0, 0.05) is 10.8 Å². The summed E-state index contributed by atoms with van der Waals surface area (Å²) in [7, 11) is 0. The minimum absolute atomic E-state index is 0.288. The fourth-order valence-corrected chi connectivity index (χ4v) is 5.66. The molecule has 0 atom stereocenters. The van der Waals surface area contributed by atoms with Crippen LogP contribution in [0.4, 0.5) is 0 Å². The number of hydrogen-bond donors (Lipinski definition) is 0. The van der Waals surface area contributed by atoms with E-state index in [4.69, 9.17) is 28.6 Å². The standard InChI is InChI=1S/C13H11ClO2S4/c1-2-16-11(15)10-12(20-13(17)19-10)18-7-8-3-5-9(14)6-4-8/h3-6H,2,7H2,1H3. The third kappa shape index (κ3) is 4.30. The van der Waals surface area contributed by atoms with Gasteiger partial charge in [-0.05, 0) is 24.6 Å². The second kappa shape index (κ2) is 7.56. The largest absolute Gasteiger partial charge is 0.462 e. The second-order valence-electron chi connectivity index (χ2n) is 3.71. The number of carbonyl (C=O) groups is 1. The maximum absolute atomic E-state index is 11.9. The first-order valence-corrected chi connectivity index (χ1v) is 9.19. The highest BCUT2D eigenvalue weighted by Gasteiger charge is 2.17. The molecule has 0 aliphatic rings. The number of hydrogen-bond acceptors (Lipinski definition) is 6. The van der Waals surface area contributed by atoms with Crippen molar-refractivity contribution in [3.63, 3.8) is 0 Å². The lowest BCUT2D eigenvalue weighted by atomic mass is 10.2. The number of thioether (sulfide) groups is 1. The average Bonchev–Trinajstić information content (AvgIpc) is 2.80. The molecule has 0 aliphatic heterocycles. The predicted molar refractivity (Wildman–Crippen MR) is 90.0 cm³/mol. The highest BCUT2D eigenvalue weighted by atomic mass is 35.5. The van der Waals surface area contributed by atoms with E-state index in [2.05, 4.69) is 0 Å². The molecule has 7 heteroatoms. The van der Waals surface area contributed by atoms with Gasteiger partial charge in [-0.3, -0.25) is 0 Å². The van der Waals surface area contributed by atoms with Gasteiger partial charge in [-0.25, -0.2) is 4.79 Å². The first-order chi connectivity index (χ1) is 9.60. The van der Waals surface area contributed by atoms with Gasteiger partial charge in [0.2, 0.25) is 0 Å². The lowest BCUT2D eigenvalue weighted by Crippen LogP contribution is -2.02. The van der Waals surface area contributed by atoms with Crippen molar-refractivity contribution in [2.24, 2.45) is 0 Å². The molecule has 0 saturated carbocycles. The molecular formula is C13H11ClO2S4. The van der Waals surface area contributed by atoms with E-state index in [-0.39, 0.29) is 5.97 Å². The third-order valence-corrected chi connectivity index (χ3v) is 6.65. The number of benzene rings is 1. The van der Waals surface area contributed by atoms with Gasteiger partial charge >= 0.3 is 5.97 Å². The molecule has 1 aromatic heterocycles. The van der Waals surface area contributed by atoms with E-state index in [1.165, 1.54) is 22.7 Å². The summed E-state index contributed by atoms with van der Waals surface area (Å²) in [5, 5.41) is 0.720. The lowest BCUT2D eigenvalue weighted by molar-refractivity contribution is 0.0529. The molecule has 0 saturated heterocycles. The fraction of sp³-hybridized carbons (Fsp3) is 0.231. The summed E-state index contributed by atoms with van der Waals surface area (Å²) < 4.78 is 6.72. The van der Waals surface area contributed by atoms with E-state index in [1.54, 1.807) is 18.7 Å². The highest BCUT2D eigenvalue weighted by Crippen LogP contribution is 2.36. The summed E-state index contributed by atoms with van der Waals surface area (Å²) in [5.41, 5.74) is 1.15. The quantitative estimate of drug-likeness (QED) is 0.389. The predicted octanol–water partition coefficient (Wildman–Crippen LogP) is 5.66. The van der Waals surface area contributed by atoms with Crippen molar-refractivity contribution >= 4 is 64.2 Å². The van der Waals surface area contributed by atoms with E-state index in [9.17, 15) is 4.79 Å². The van der Waals surface area contributed by atoms with Gasteiger partial charge in [-0.15, -0.1) is 34.4 Å². The normalized spacial score (nSPS) is 10.5. The molecule has 2 aromatic rings. The Morgan fingerprint density at radius 3 is 2.70 bits per heavy atom. The number of carbonyl (C=O) groups excluding carboxylic acids is 1. The first-order valence-electron chi connectivity index (χ1n) is 5.78. The van der Waals surface area contributed by atoms with Crippen molar-refractivity contribution in [2.45, 2.75) is 16.9 Å². The van der Waals surface area contributed by atoms with Crippen LogP contribution in [0.25, 0.3) is 0 Å². The Morgan fingerprint density at radius 1 is 1.35 bits per heavy atom. The average molecular weight is 363 g/mol. The SMILES string of the molecule is CCOC(=O)c1sc(=S)sc1SCc1ccc(Cl)cc1. The molecule has 0 bridgehead atoms. The van der Waals surface area contributed by atoms with Crippen LogP contribution in [0.5, 0.6) is 0 Å². The zero-order chi connectivity index (χ0) is 14.5. The number of halogens is 1. The van der Waals surface area contributed by atoms with E-state index in [1.807, 2.05) is 24.3 Å². The Hall–Kier alpha value is -0.400. The molecule has 1 aromatic carbocycles. The summed E-state index contributed by atoms with van der Waals surface area (Å²) in [5.74, 6) is 0.481. The van der Waals surface area contributed by atoms with Crippen LogP contribution in [-0.4, -0.2) is 12.6 Å². The van der Waals surface area contributed by atoms with Crippen LogP contribution in [0.2, 0.25) is 5.02 Å². The Labute approximate surface area is 139 Å². The van der Waals surface area contributed by atoms with Crippen LogP contribution in [0.15, 0.2) is 28.5 Å². The van der Waals surface area contributed by atoms with Gasteiger partial charge in [-0.2, -0.15) is 0 Å². The minimum Gasteiger partial charge on any atom is -0.462 e. The zero-order valence-electron chi connectivity index (χ0n) is 10.6. The number of esters is 1. The molecule has 1 heterocycles. The van der Waals surface area contributed by atoms with Crippen molar-refractivity contribution in [1.29, 1.82) is 0 Å². The van der Waals surface area contributed by atoms with Crippen LogP contribution in [0, 0.1) is 3.14 Å². The first kappa shape index (κ1) is 16.0. The molecule has 0 fully saturated rings. The number of rotatable bonds is 5. The van der Waals surface area contributed by atoms with Crippen molar-refractivity contribution in [2.75, 3.05) is 6.61 Å². The molecule has 2 nitrogen and oxygen atoms in total. The van der Waals surface area contributed by atoms with Gasteiger partial charge in [0.1, 0.15) is 8.01 Å². The molecule has 2 rings (SSSR count). The summed E-state index contributed by atoms with van der Waals surface area (Å²) in [6.45, 7) is 2.17. The van der Waals surface area contributed by atoms with E-state index >= 15 is 0 Å². The Balaban J connectivity index is 2.11. The van der Waals surface area contributed by atoms with Gasteiger partial charge in [0.25, 0.3) is 0 Å². The van der Waals surface area contributed by atoms with Gasteiger partial charge in [-0.1, -0.05) is 36.0 Å². The van der Waals surface area contributed by atoms with E-state index < -0.39 is 0 Å². The maximum Gasteiger partial charge on any atom is 0.350 e. The van der Waals surface area contributed by atoms with Crippen LogP contribution in [0.1, 0.15) is 22.2 Å². The number of ether oxygens (including phenoxy) is 1. The molecule has 0 amide bonds. The lowest BCUT2D eigenvalue weighted by Gasteiger charge is -2.03. The van der Waals surface area contributed by atoms with Gasteiger partial charge in [0.15, 0.2) is 0 Å². The van der Waals surface area contributed by atoms with E-state index in [0.717, 1.165) is 23.7 Å². The van der Waals surface area contributed by atoms with Crippen LogP contribution in [0.3, 0.4) is 0 Å². The molecule has 0 unspecified atom stereocenters. The Morgan fingerprint density at radius 2 is 2.05 bits per heavy atom. The molecule has 20 heavy (non-hydrogen) atoms. The van der Waals surface area contributed by atoms with Crippen LogP contribution >= 0.6 is 58.3 Å². The summed E-state index contributed by atoms with van der Waals surface area (Å²) >= 11 is 15.4. The Kier molecular flexibility index (Phi) is 6.04. The molecule has 106 valence electrons. The van der Waals surface area contributed by atoms with Crippen molar-refractivity contribution in [3.8, 4) is 0 Å². The van der Waals surface area contributed by atoms with Crippen molar-refractivity contribution in [3.05, 3.63) is 42.9 Å². The van der Waals surface area contributed by atoms with Crippen molar-refractivity contribution < 1.29 is 9.53 Å². The molecule has 0 N–H and O–H groups in total. The topological polar surface area (TPSA) is 26.3 Å².